The van der Waals surface area contributed by atoms with Crippen molar-refractivity contribution < 1.29 is 19.0 Å². The van der Waals surface area contributed by atoms with E-state index < -0.39 is 5.97 Å². The molecule has 0 atom stereocenters. The van der Waals surface area contributed by atoms with Crippen molar-refractivity contribution in [3.63, 3.8) is 0 Å². The fourth-order valence-electron chi connectivity index (χ4n) is 4.03. The third-order valence-corrected chi connectivity index (χ3v) is 5.18. The van der Waals surface area contributed by atoms with Crippen molar-refractivity contribution in [3.8, 4) is 5.75 Å². The van der Waals surface area contributed by atoms with Crippen molar-refractivity contribution in [1.29, 1.82) is 0 Å². The van der Waals surface area contributed by atoms with Gasteiger partial charge in [0.1, 0.15) is 11.6 Å². The second-order valence-corrected chi connectivity index (χ2v) is 6.69. The van der Waals surface area contributed by atoms with Crippen molar-refractivity contribution >= 4 is 16.9 Å². The molecule has 1 heterocycles. The van der Waals surface area contributed by atoms with Gasteiger partial charge in [0.05, 0.1) is 18.2 Å². The summed E-state index contributed by atoms with van der Waals surface area (Å²) in [6.07, 6.45) is 3.92. The summed E-state index contributed by atoms with van der Waals surface area (Å²) in [5, 5.41) is 10.5. The molecule has 0 amide bonds. The van der Waals surface area contributed by atoms with Crippen molar-refractivity contribution in [2.45, 2.75) is 32.2 Å². The van der Waals surface area contributed by atoms with Crippen LogP contribution in [0.25, 0.3) is 10.9 Å². The Hall–Kier alpha value is -2.82. The van der Waals surface area contributed by atoms with Gasteiger partial charge in [-0.2, -0.15) is 0 Å². The molecule has 0 fully saturated rings. The van der Waals surface area contributed by atoms with Crippen LogP contribution in [0.2, 0.25) is 0 Å². The Labute approximate surface area is 150 Å². The Balaban J connectivity index is 2.00. The van der Waals surface area contributed by atoms with Crippen LogP contribution in [0.1, 0.15) is 40.0 Å². The molecule has 0 radical (unpaired) electrons. The van der Waals surface area contributed by atoms with E-state index in [2.05, 4.69) is 4.57 Å². The molecular formula is C21H20FNO3. The number of halogens is 1. The Bertz CT molecular complexity index is 989. The zero-order valence-corrected chi connectivity index (χ0v) is 14.6. The topological polar surface area (TPSA) is 51.5 Å². The smallest absolute Gasteiger partial charge is 0.336 e. The van der Waals surface area contributed by atoms with E-state index in [-0.39, 0.29) is 5.82 Å². The average Bonchev–Trinajstić information content (AvgIpc) is 2.97. The number of carboxylic acid groups (broad SMARTS) is 1. The van der Waals surface area contributed by atoms with Crippen LogP contribution in [0.3, 0.4) is 0 Å². The van der Waals surface area contributed by atoms with Crippen LogP contribution < -0.4 is 4.74 Å². The number of benzene rings is 2. The number of ether oxygens (including phenoxy) is 1. The molecule has 26 heavy (non-hydrogen) atoms. The van der Waals surface area contributed by atoms with E-state index in [1.807, 2.05) is 0 Å². The van der Waals surface area contributed by atoms with E-state index in [4.69, 9.17) is 4.74 Å². The standard InChI is InChI=1S/C21H20FNO3/c1-26-18-11-10-16(21(24)25)19-15-4-2-3-5-17(15)23(20(18)19)12-13-6-8-14(22)9-7-13/h6-11H,2-5,12H2,1H3,(H,24,25). The number of aromatic nitrogens is 1. The van der Waals surface area contributed by atoms with Gasteiger partial charge in [0, 0.05) is 17.6 Å². The molecule has 2 aromatic carbocycles. The lowest BCUT2D eigenvalue weighted by Gasteiger charge is -2.16. The monoisotopic (exact) mass is 353 g/mol. The Morgan fingerprint density at radius 2 is 1.88 bits per heavy atom. The minimum absolute atomic E-state index is 0.265. The number of carbonyl (C=O) groups is 1. The van der Waals surface area contributed by atoms with Crippen molar-refractivity contribution in [3.05, 3.63) is 64.6 Å². The first kappa shape index (κ1) is 16.6. The van der Waals surface area contributed by atoms with Gasteiger partial charge in [-0.1, -0.05) is 12.1 Å². The third kappa shape index (κ3) is 2.64. The number of rotatable bonds is 4. The van der Waals surface area contributed by atoms with E-state index in [1.54, 1.807) is 31.4 Å². The SMILES string of the molecule is COc1ccc(C(=O)O)c2c3c(n(Cc4ccc(F)cc4)c12)CCCC3. The van der Waals surface area contributed by atoms with E-state index in [1.165, 1.54) is 17.8 Å². The minimum Gasteiger partial charge on any atom is -0.495 e. The van der Waals surface area contributed by atoms with Crippen molar-refractivity contribution in [2.75, 3.05) is 7.11 Å². The largest absolute Gasteiger partial charge is 0.495 e. The van der Waals surface area contributed by atoms with Gasteiger partial charge in [-0.25, -0.2) is 9.18 Å². The van der Waals surface area contributed by atoms with E-state index in [9.17, 15) is 14.3 Å². The molecule has 4 nitrogen and oxygen atoms in total. The molecule has 1 aromatic heterocycles. The lowest BCUT2D eigenvalue weighted by molar-refractivity contribution is 0.0699. The van der Waals surface area contributed by atoms with Gasteiger partial charge >= 0.3 is 5.97 Å². The number of nitrogens with zero attached hydrogens (tertiary/aromatic N) is 1. The summed E-state index contributed by atoms with van der Waals surface area (Å²) in [4.78, 5) is 11.8. The van der Waals surface area contributed by atoms with Crippen LogP contribution in [0, 0.1) is 5.82 Å². The van der Waals surface area contributed by atoms with Gasteiger partial charge in [0.25, 0.3) is 0 Å². The maximum Gasteiger partial charge on any atom is 0.336 e. The van der Waals surface area contributed by atoms with Crippen LogP contribution in [-0.4, -0.2) is 22.8 Å². The minimum atomic E-state index is -0.926. The highest BCUT2D eigenvalue weighted by molar-refractivity contribution is 6.07. The summed E-state index contributed by atoms with van der Waals surface area (Å²) in [6.45, 7) is 0.561. The molecule has 0 aliphatic heterocycles. The zero-order valence-electron chi connectivity index (χ0n) is 14.6. The van der Waals surface area contributed by atoms with Crippen molar-refractivity contribution in [1.82, 2.24) is 4.57 Å². The molecule has 3 aromatic rings. The third-order valence-electron chi connectivity index (χ3n) is 5.18. The maximum absolute atomic E-state index is 13.3. The molecule has 0 saturated heterocycles. The van der Waals surface area contributed by atoms with Crippen LogP contribution in [-0.2, 0) is 19.4 Å². The second-order valence-electron chi connectivity index (χ2n) is 6.69. The molecule has 1 N–H and O–H groups in total. The van der Waals surface area contributed by atoms with Gasteiger partial charge < -0.3 is 14.4 Å². The molecule has 1 aliphatic carbocycles. The highest BCUT2D eigenvalue weighted by Gasteiger charge is 2.26. The molecule has 1 aliphatic rings. The number of methoxy groups -OCH3 is 1. The number of carboxylic acids is 1. The van der Waals surface area contributed by atoms with E-state index in [0.717, 1.165) is 47.7 Å². The first-order valence-electron chi connectivity index (χ1n) is 8.79. The predicted molar refractivity (Wildman–Crippen MR) is 97.6 cm³/mol. The van der Waals surface area contributed by atoms with Gasteiger partial charge in [0.2, 0.25) is 0 Å². The molecular weight excluding hydrogens is 333 g/mol. The highest BCUT2D eigenvalue weighted by Crippen LogP contribution is 2.39. The fraction of sp³-hybridized carbons (Fsp3) is 0.286. The first-order chi connectivity index (χ1) is 12.6. The number of aromatic carboxylic acids is 1. The predicted octanol–water partition coefficient (Wildman–Crippen LogP) is 4.41. The number of fused-ring (bicyclic) bond motifs is 3. The van der Waals surface area contributed by atoms with E-state index in [0.29, 0.717) is 17.9 Å². The molecule has 134 valence electrons. The molecule has 0 spiro atoms. The van der Waals surface area contributed by atoms with Crippen molar-refractivity contribution in [2.24, 2.45) is 0 Å². The van der Waals surface area contributed by atoms with Crippen LogP contribution in [0.4, 0.5) is 4.39 Å². The summed E-state index contributed by atoms with van der Waals surface area (Å²) in [5.41, 5.74) is 4.40. The fourth-order valence-corrected chi connectivity index (χ4v) is 4.03. The Kier molecular flexibility index (Phi) is 4.15. The summed E-state index contributed by atoms with van der Waals surface area (Å²) >= 11 is 0. The lowest BCUT2D eigenvalue weighted by Crippen LogP contribution is -2.09. The quantitative estimate of drug-likeness (QED) is 0.756. The Morgan fingerprint density at radius 3 is 2.58 bits per heavy atom. The number of hydrogen-bond acceptors (Lipinski definition) is 2. The molecule has 0 saturated carbocycles. The normalized spacial score (nSPS) is 13.6. The highest BCUT2D eigenvalue weighted by atomic mass is 19.1. The molecule has 4 rings (SSSR count). The number of aryl methyl sites for hydroxylation is 1. The summed E-state index contributed by atoms with van der Waals surface area (Å²) in [7, 11) is 1.60. The maximum atomic E-state index is 13.3. The second kappa shape index (κ2) is 6.48. The van der Waals surface area contributed by atoms with Gasteiger partial charge in [0.15, 0.2) is 0 Å². The lowest BCUT2D eigenvalue weighted by atomic mass is 9.93. The van der Waals surface area contributed by atoms with E-state index >= 15 is 0 Å². The van der Waals surface area contributed by atoms with Crippen LogP contribution in [0.15, 0.2) is 36.4 Å². The number of hydrogen-bond donors (Lipinski definition) is 1. The average molecular weight is 353 g/mol. The summed E-state index contributed by atoms with van der Waals surface area (Å²) < 4.78 is 21.0. The van der Waals surface area contributed by atoms with Gasteiger partial charge in [-0.05, 0) is 61.1 Å². The first-order valence-corrected chi connectivity index (χ1v) is 8.79. The van der Waals surface area contributed by atoms with Crippen LogP contribution in [0.5, 0.6) is 5.75 Å². The molecule has 5 heteroatoms. The molecule has 0 bridgehead atoms. The Morgan fingerprint density at radius 1 is 1.15 bits per heavy atom. The summed E-state index contributed by atoms with van der Waals surface area (Å²) in [5.74, 6) is -0.523. The molecule has 0 unspecified atom stereocenters. The van der Waals surface area contributed by atoms with Gasteiger partial charge in [-0.3, -0.25) is 0 Å². The van der Waals surface area contributed by atoms with Crippen LogP contribution >= 0.6 is 0 Å². The zero-order chi connectivity index (χ0) is 18.3. The van der Waals surface area contributed by atoms with Gasteiger partial charge in [-0.15, -0.1) is 0 Å². The summed E-state index contributed by atoms with van der Waals surface area (Å²) in [6, 6.07) is 9.79.